The standard InChI is InChI=1S/C51H44.C2H6/c1-30-35-16-12-11-15-33(35)24-38(30)34-20-22-37-40-27-48-42(29-46(40)50(4,5)44(37)25-34)41-28-45-39(26-47(41)51(48,6)7)36-21-19-32(23-43(36)49(45,2)3)18-17-31-13-9-8-10-14-31;1-2/h8-30H,1-7H3;1-2H3/b18-17+;. The summed E-state index contributed by atoms with van der Waals surface area (Å²) in [4.78, 5) is 0. The fourth-order valence-electron chi connectivity index (χ4n) is 10.1. The Hall–Kier alpha value is -5.20. The molecule has 1 unspecified atom stereocenters. The molecule has 0 heteroatoms. The quantitative estimate of drug-likeness (QED) is 0.163. The van der Waals surface area contributed by atoms with Gasteiger partial charge in [0.25, 0.3) is 0 Å². The van der Waals surface area contributed by atoms with E-state index in [0.717, 1.165) is 0 Å². The zero-order valence-electron chi connectivity index (χ0n) is 32.8. The molecule has 4 aliphatic carbocycles. The minimum Gasteiger partial charge on any atom is -0.0683 e. The van der Waals surface area contributed by atoms with Gasteiger partial charge in [-0.15, -0.1) is 0 Å². The molecule has 53 heavy (non-hydrogen) atoms. The first-order valence-corrected chi connectivity index (χ1v) is 19.7. The smallest absolute Gasteiger partial charge is 0.0159 e. The molecule has 6 aromatic rings. The van der Waals surface area contributed by atoms with Gasteiger partial charge in [-0.1, -0.05) is 165 Å². The molecule has 1 atom stereocenters. The number of allylic oxidation sites excluding steroid dienone is 1. The monoisotopic (exact) mass is 686 g/mol. The highest BCUT2D eigenvalue weighted by Crippen LogP contribution is 2.59. The van der Waals surface area contributed by atoms with Gasteiger partial charge in [-0.05, 0) is 130 Å². The summed E-state index contributed by atoms with van der Waals surface area (Å²) in [6.45, 7) is 20.9. The summed E-state index contributed by atoms with van der Waals surface area (Å²) in [7, 11) is 0. The molecule has 0 heterocycles. The third-order valence-electron chi connectivity index (χ3n) is 13.1. The lowest BCUT2D eigenvalue weighted by molar-refractivity contribution is 0.649. The Morgan fingerprint density at radius 1 is 0.434 bits per heavy atom. The molecule has 0 saturated carbocycles. The third kappa shape index (κ3) is 4.74. The molecule has 0 fully saturated rings. The van der Waals surface area contributed by atoms with Crippen LogP contribution in [-0.4, -0.2) is 0 Å². The van der Waals surface area contributed by atoms with Gasteiger partial charge in [0.15, 0.2) is 0 Å². The summed E-state index contributed by atoms with van der Waals surface area (Å²) in [5, 5.41) is 0. The SMILES string of the molecule is CC.CC1C(c2ccc3c(c2)C(C)(C)c2cc4c(cc2-3)C(C)(C)c2cc3c(cc2-4)C(C)(C)c2cc(/C=C/c4ccccc4)ccc2-3)=Cc2ccccc21. The lowest BCUT2D eigenvalue weighted by Gasteiger charge is -2.25. The second-order valence-electron chi connectivity index (χ2n) is 17.0. The second-order valence-corrected chi connectivity index (χ2v) is 17.0. The minimum absolute atomic E-state index is 0.0858. The Kier molecular flexibility index (Phi) is 7.39. The van der Waals surface area contributed by atoms with Crippen molar-refractivity contribution in [2.45, 2.75) is 84.5 Å². The van der Waals surface area contributed by atoms with E-state index in [2.05, 4.69) is 182 Å². The largest absolute Gasteiger partial charge is 0.0683 e. The molecule has 0 saturated heterocycles. The molecule has 0 aromatic heterocycles. The van der Waals surface area contributed by atoms with Crippen molar-refractivity contribution in [1.29, 1.82) is 0 Å². The van der Waals surface area contributed by atoms with Crippen molar-refractivity contribution in [3.05, 3.63) is 176 Å². The molecule has 262 valence electrons. The molecule has 0 nitrogen and oxygen atoms in total. The van der Waals surface area contributed by atoms with Crippen LogP contribution in [0.3, 0.4) is 0 Å². The molecule has 0 bridgehead atoms. The van der Waals surface area contributed by atoms with Crippen molar-refractivity contribution in [3.8, 4) is 33.4 Å². The summed E-state index contributed by atoms with van der Waals surface area (Å²) >= 11 is 0. The van der Waals surface area contributed by atoms with Crippen LogP contribution < -0.4 is 0 Å². The minimum atomic E-state index is -0.0946. The highest BCUT2D eigenvalue weighted by molar-refractivity contribution is 5.96. The average Bonchev–Trinajstić information content (AvgIpc) is 3.78. The van der Waals surface area contributed by atoms with Gasteiger partial charge in [0.1, 0.15) is 0 Å². The van der Waals surface area contributed by atoms with E-state index in [1.54, 1.807) is 0 Å². The predicted octanol–water partition coefficient (Wildman–Crippen LogP) is 14.5. The first kappa shape index (κ1) is 33.6. The summed E-state index contributed by atoms with van der Waals surface area (Å²) in [5.41, 5.74) is 24.9. The lowest BCUT2D eigenvalue weighted by atomic mass is 9.78. The Bertz CT molecular complexity index is 2550. The van der Waals surface area contributed by atoms with Crippen LogP contribution in [0.1, 0.15) is 129 Å². The van der Waals surface area contributed by atoms with Crippen LogP contribution in [0.15, 0.2) is 115 Å². The van der Waals surface area contributed by atoms with Gasteiger partial charge in [-0.25, -0.2) is 0 Å². The number of hydrogen-bond acceptors (Lipinski definition) is 0. The Labute approximate surface area is 317 Å². The molecule has 6 aromatic carbocycles. The summed E-state index contributed by atoms with van der Waals surface area (Å²) in [6.07, 6.45) is 6.88. The molecular weight excluding hydrogens is 637 g/mol. The topological polar surface area (TPSA) is 0 Å². The Morgan fingerprint density at radius 3 is 1.45 bits per heavy atom. The van der Waals surface area contributed by atoms with E-state index in [4.69, 9.17) is 0 Å². The van der Waals surface area contributed by atoms with Crippen LogP contribution in [0.4, 0.5) is 0 Å². The zero-order valence-corrected chi connectivity index (χ0v) is 32.8. The van der Waals surface area contributed by atoms with Crippen LogP contribution >= 0.6 is 0 Å². The van der Waals surface area contributed by atoms with Crippen LogP contribution in [0, 0.1) is 0 Å². The highest BCUT2D eigenvalue weighted by atomic mass is 14.5. The maximum Gasteiger partial charge on any atom is 0.0159 e. The van der Waals surface area contributed by atoms with E-state index in [1.165, 1.54) is 100 Å². The van der Waals surface area contributed by atoms with Crippen molar-refractivity contribution in [2.75, 3.05) is 0 Å². The fraction of sp³-hybridized carbons (Fsp3) is 0.245. The van der Waals surface area contributed by atoms with Crippen molar-refractivity contribution < 1.29 is 0 Å². The van der Waals surface area contributed by atoms with E-state index < -0.39 is 0 Å². The van der Waals surface area contributed by atoms with E-state index >= 15 is 0 Å². The molecule has 0 amide bonds. The van der Waals surface area contributed by atoms with Crippen molar-refractivity contribution in [2.24, 2.45) is 0 Å². The van der Waals surface area contributed by atoms with Gasteiger partial charge in [0, 0.05) is 22.2 Å². The van der Waals surface area contributed by atoms with Crippen LogP contribution in [0.2, 0.25) is 0 Å². The maximum absolute atomic E-state index is 2.57. The number of fused-ring (bicyclic) bond motifs is 10. The lowest BCUT2D eigenvalue weighted by Crippen LogP contribution is -2.17. The molecule has 0 N–H and O–H groups in total. The molecule has 0 aliphatic heterocycles. The van der Waals surface area contributed by atoms with Crippen molar-refractivity contribution in [3.63, 3.8) is 0 Å². The fourth-order valence-corrected chi connectivity index (χ4v) is 10.1. The van der Waals surface area contributed by atoms with Gasteiger partial charge in [-0.2, -0.15) is 0 Å². The summed E-state index contributed by atoms with van der Waals surface area (Å²) in [6, 6.07) is 44.0. The van der Waals surface area contributed by atoms with Crippen molar-refractivity contribution in [1.82, 2.24) is 0 Å². The highest BCUT2D eigenvalue weighted by Gasteiger charge is 2.44. The third-order valence-corrected chi connectivity index (χ3v) is 13.1. The summed E-state index contributed by atoms with van der Waals surface area (Å²) < 4.78 is 0. The van der Waals surface area contributed by atoms with E-state index in [-0.39, 0.29) is 16.2 Å². The van der Waals surface area contributed by atoms with Gasteiger partial charge in [0.05, 0.1) is 0 Å². The normalized spacial score (nSPS) is 18.2. The second kappa shape index (κ2) is 11.6. The predicted molar refractivity (Wildman–Crippen MR) is 229 cm³/mol. The van der Waals surface area contributed by atoms with Crippen LogP contribution in [0.5, 0.6) is 0 Å². The van der Waals surface area contributed by atoms with Crippen molar-refractivity contribution >= 4 is 23.8 Å². The van der Waals surface area contributed by atoms with Gasteiger partial charge >= 0.3 is 0 Å². The first-order valence-electron chi connectivity index (χ1n) is 19.7. The van der Waals surface area contributed by atoms with E-state index in [1.807, 2.05) is 13.8 Å². The first-order chi connectivity index (χ1) is 25.4. The number of hydrogen-bond donors (Lipinski definition) is 0. The maximum atomic E-state index is 2.57. The van der Waals surface area contributed by atoms with Crippen LogP contribution in [-0.2, 0) is 16.2 Å². The Balaban J connectivity index is 0.00000183. The molecule has 0 radical (unpaired) electrons. The molecular formula is C53H50. The van der Waals surface area contributed by atoms with Gasteiger partial charge in [-0.3, -0.25) is 0 Å². The number of benzene rings is 6. The zero-order chi connectivity index (χ0) is 37.0. The average molecular weight is 687 g/mol. The van der Waals surface area contributed by atoms with E-state index in [0.29, 0.717) is 5.92 Å². The summed E-state index contributed by atoms with van der Waals surface area (Å²) in [5.74, 6) is 0.404. The molecule has 0 spiro atoms. The van der Waals surface area contributed by atoms with E-state index in [9.17, 15) is 0 Å². The molecule has 4 aliphatic rings. The van der Waals surface area contributed by atoms with Gasteiger partial charge < -0.3 is 0 Å². The van der Waals surface area contributed by atoms with Crippen LogP contribution in [0.25, 0.3) is 57.2 Å². The molecule has 10 rings (SSSR count). The Morgan fingerprint density at radius 2 is 0.887 bits per heavy atom. The number of rotatable bonds is 3. The van der Waals surface area contributed by atoms with Gasteiger partial charge in [0.2, 0.25) is 0 Å².